The van der Waals surface area contributed by atoms with Gasteiger partial charge in [0, 0.05) is 0 Å². The lowest BCUT2D eigenvalue weighted by Gasteiger charge is -2.22. The van der Waals surface area contributed by atoms with Crippen molar-refractivity contribution in [3.05, 3.63) is 64.9 Å². The van der Waals surface area contributed by atoms with Gasteiger partial charge in [-0.3, -0.25) is 25.2 Å². The number of fused-ring (bicyclic) bond motifs is 1. The van der Waals surface area contributed by atoms with Crippen molar-refractivity contribution in [3.63, 3.8) is 0 Å². The van der Waals surface area contributed by atoms with Crippen molar-refractivity contribution < 1.29 is 19.1 Å². The van der Waals surface area contributed by atoms with Crippen LogP contribution in [0.3, 0.4) is 0 Å². The number of ether oxygens (including phenoxy) is 1. The number of nitrogens with one attached hydrogen (secondary N) is 3. The third-order valence-electron chi connectivity index (χ3n) is 4.69. The molecule has 3 N–H and O–H groups in total. The number of hydrazine groups is 1. The van der Waals surface area contributed by atoms with Crippen molar-refractivity contribution >= 4 is 39.8 Å². The topological polar surface area (TPSA) is 96.5 Å². The molecule has 0 spiro atoms. The van der Waals surface area contributed by atoms with Gasteiger partial charge in [-0.1, -0.05) is 50.2 Å². The molecule has 0 bridgehead atoms. The second-order valence-corrected chi connectivity index (χ2v) is 8.37. The number of carbonyl (C=O) groups is 3. The van der Waals surface area contributed by atoms with Crippen LogP contribution in [0.1, 0.15) is 30.4 Å². The predicted molar refractivity (Wildman–Crippen MR) is 121 cm³/mol. The lowest BCUT2D eigenvalue weighted by Crippen LogP contribution is -2.55. The van der Waals surface area contributed by atoms with Crippen molar-refractivity contribution in [3.8, 4) is 5.75 Å². The Hall–Kier alpha value is -3.39. The van der Waals surface area contributed by atoms with Crippen LogP contribution >= 0.6 is 11.3 Å². The Balaban J connectivity index is 1.54. The van der Waals surface area contributed by atoms with Gasteiger partial charge in [0.05, 0.1) is 4.88 Å². The van der Waals surface area contributed by atoms with Gasteiger partial charge in [-0.05, 0) is 47.2 Å². The first-order valence-corrected chi connectivity index (χ1v) is 10.8. The third-order valence-corrected chi connectivity index (χ3v) is 5.56. The summed E-state index contributed by atoms with van der Waals surface area (Å²) >= 11 is 1.29. The van der Waals surface area contributed by atoms with Gasteiger partial charge in [0.2, 0.25) is 0 Å². The van der Waals surface area contributed by atoms with E-state index in [1.165, 1.54) is 11.3 Å². The van der Waals surface area contributed by atoms with Gasteiger partial charge < -0.3 is 10.1 Å². The summed E-state index contributed by atoms with van der Waals surface area (Å²) in [6, 6.07) is 16.1. The van der Waals surface area contributed by atoms with Crippen LogP contribution in [0.4, 0.5) is 0 Å². The zero-order valence-electron chi connectivity index (χ0n) is 17.5. The summed E-state index contributed by atoms with van der Waals surface area (Å²) in [5, 5.41) is 6.57. The first-order valence-electron chi connectivity index (χ1n) is 9.94. The highest BCUT2D eigenvalue weighted by molar-refractivity contribution is 7.12. The second-order valence-electron chi connectivity index (χ2n) is 7.42. The quantitative estimate of drug-likeness (QED) is 0.492. The molecule has 0 aliphatic heterocycles. The minimum absolute atomic E-state index is 0.174. The molecule has 3 amide bonds. The van der Waals surface area contributed by atoms with Gasteiger partial charge in [-0.2, -0.15) is 0 Å². The highest BCUT2D eigenvalue weighted by atomic mass is 32.1. The second kappa shape index (κ2) is 10.1. The van der Waals surface area contributed by atoms with E-state index in [2.05, 4.69) is 16.2 Å². The van der Waals surface area contributed by atoms with Crippen LogP contribution in [0.25, 0.3) is 10.8 Å². The van der Waals surface area contributed by atoms with E-state index in [9.17, 15) is 14.4 Å². The molecule has 162 valence electrons. The molecule has 3 aromatic rings. The first-order chi connectivity index (χ1) is 14.8. The molecule has 0 fully saturated rings. The Morgan fingerprint density at radius 1 is 0.871 bits per heavy atom. The van der Waals surface area contributed by atoms with E-state index in [4.69, 9.17) is 4.74 Å². The summed E-state index contributed by atoms with van der Waals surface area (Å²) in [5.41, 5.74) is 4.75. The first kappa shape index (κ1) is 22.3. The number of carbonyl (C=O) groups excluding carboxylic acids is 3. The van der Waals surface area contributed by atoms with Gasteiger partial charge in [-0.15, -0.1) is 11.3 Å². The van der Waals surface area contributed by atoms with E-state index in [1.54, 1.807) is 30.5 Å². The van der Waals surface area contributed by atoms with Crippen LogP contribution in [-0.4, -0.2) is 29.9 Å². The van der Waals surface area contributed by atoms with E-state index in [0.717, 1.165) is 10.8 Å². The molecule has 1 aromatic heterocycles. The molecule has 2 aromatic carbocycles. The van der Waals surface area contributed by atoms with Crippen molar-refractivity contribution in [1.29, 1.82) is 0 Å². The summed E-state index contributed by atoms with van der Waals surface area (Å²) in [5.74, 6) is -0.967. The van der Waals surface area contributed by atoms with Crippen molar-refractivity contribution in [1.82, 2.24) is 16.2 Å². The predicted octanol–water partition coefficient (Wildman–Crippen LogP) is 3.27. The third kappa shape index (κ3) is 5.82. The molecule has 0 radical (unpaired) electrons. The van der Waals surface area contributed by atoms with Crippen molar-refractivity contribution in [2.45, 2.75) is 32.9 Å². The molecule has 1 heterocycles. The summed E-state index contributed by atoms with van der Waals surface area (Å²) in [6.45, 7) is 5.22. The van der Waals surface area contributed by atoms with E-state index in [1.807, 2.05) is 50.2 Å². The highest BCUT2D eigenvalue weighted by Gasteiger charge is 2.26. The molecule has 8 heteroatoms. The Labute approximate surface area is 184 Å². The minimum Gasteiger partial charge on any atom is -0.481 e. The largest absolute Gasteiger partial charge is 0.481 e. The summed E-state index contributed by atoms with van der Waals surface area (Å²) in [4.78, 5) is 37.7. The zero-order valence-corrected chi connectivity index (χ0v) is 18.4. The van der Waals surface area contributed by atoms with Crippen LogP contribution < -0.4 is 20.9 Å². The van der Waals surface area contributed by atoms with Gasteiger partial charge >= 0.3 is 0 Å². The molecule has 2 atom stereocenters. The molecule has 0 aliphatic carbocycles. The number of benzene rings is 2. The van der Waals surface area contributed by atoms with E-state index in [0.29, 0.717) is 10.6 Å². The molecule has 0 aliphatic rings. The van der Waals surface area contributed by atoms with Gasteiger partial charge in [-0.25, -0.2) is 0 Å². The molecule has 0 saturated heterocycles. The molecule has 31 heavy (non-hydrogen) atoms. The molecular weight excluding hydrogens is 414 g/mol. The van der Waals surface area contributed by atoms with E-state index >= 15 is 0 Å². The fraction of sp³-hybridized carbons (Fsp3) is 0.261. The normalized spacial score (nSPS) is 12.8. The number of thiophene rings is 1. The Morgan fingerprint density at radius 2 is 1.58 bits per heavy atom. The van der Waals surface area contributed by atoms with Crippen LogP contribution in [-0.2, 0) is 9.59 Å². The highest BCUT2D eigenvalue weighted by Crippen LogP contribution is 2.21. The van der Waals surface area contributed by atoms with Crippen LogP contribution in [0.5, 0.6) is 5.75 Å². The van der Waals surface area contributed by atoms with Crippen LogP contribution in [0.15, 0.2) is 60.0 Å². The Bertz CT molecular complexity index is 1070. The molecule has 0 unspecified atom stereocenters. The fourth-order valence-corrected chi connectivity index (χ4v) is 3.58. The van der Waals surface area contributed by atoms with Crippen molar-refractivity contribution in [2.75, 3.05) is 0 Å². The number of rotatable bonds is 7. The number of amides is 3. The van der Waals surface area contributed by atoms with E-state index in [-0.39, 0.29) is 11.8 Å². The Kier molecular flexibility index (Phi) is 7.25. The number of hydrogen-bond acceptors (Lipinski definition) is 5. The van der Waals surface area contributed by atoms with Crippen LogP contribution in [0.2, 0.25) is 0 Å². The molecule has 3 rings (SSSR count). The lowest BCUT2D eigenvalue weighted by molar-refractivity contribution is -0.133. The van der Waals surface area contributed by atoms with Crippen LogP contribution in [0, 0.1) is 5.92 Å². The maximum Gasteiger partial charge on any atom is 0.279 e. The average Bonchev–Trinajstić information content (AvgIpc) is 3.30. The summed E-state index contributed by atoms with van der Waals surface area (Å²) in [7, 11) is 0. The van der Waals surface area contributed by atoms with Gasteiger partial charge in [0.1, 0.15) is 11.8 Å². The lowest BCUT2D eigenvalue weighted by atomic mass is 10.0. The SMILES string of the molecule is CC(C)[C@H](NC(=O)c1cccs1)C(=O)NNC(=O)[C@H](C)Oc1ccc2ccccc2c1. The van der Waals surface area contributed by atoms with Gasteiger partial charge in [0.25, 0.3) is 17.7 Å². The van der Waals surface area contributed by atoms with Crippen molar-refractivity contribution in [2.24, 2.45) is 5.92 Å². The molecule has 7 nitrogen and oxygen atoms in total. The fourth-order valence-electron chi connectivity index (χ4n) is 2.96. The summed E-state index contributed by atoms with van der Waals surface area (Å²) in [6.07, 6.45) is -0.834. The monoisotopic (exact) mass is 439 g/mol. The molecular formula is C23H25N3O4S. The number of hydrogen-bond donors (Lipinski definition) is 3. The maximum absolute atomic E-state index is 12.5. The summed E-state index contributed by atoms with van der Waals surface area (Å²) < 4.78 is 5.71. The van der Waals surface area contributed by atoms with Gasteiger partial charge in [0.15, 0.2) is 6.10 Å². The molecule has 0 saturated carbocycles. The Morgan fingerprint density at radius 3 is 2.26 bits per heavy atom. The minimum atomic E-state index is -0.834. The maximum atomic E-state index is 12.5. The zero-order chi connectivity index (χ0) is 22.4. The van der Waals surface area contributed by atoms with E-state index < -0.39 is 24.0 Å². The smallest absolute Gasteiger partial charge is 0.279 e. The standard InChI is InChI=1S/C23H25N3O4S/c1-14(2)20(24-22(28)19-9-6-12-31-19)23(29)26-25-21(27)15(3)30-18-11-10-16-7-4-5-8-17(16)13-18/h4-15,20H,1-3H3,(H,24,28)(H,25,27)(H,26,29)/t15-,20-/m0/s1. The average molecular weight is 440 g/mol.